The van der Waals surface area contributed by atoms with Gasteiger partial charge in [0, 0.05) is 10.9 Å². The van der Waals surface area contributed by atoms with Gasteiger partial charge in [-0.1, -0.05) is 20.3 Å². The molecule has 1 rings (SSSR count). The molecule has 1 aromatic heterocycles. The van der Waals surface area contributed by atoms with E-state index in [-0.39, 0.29) is 5.91 Å². The van der Waals surface area contributed by atoms with E-state index in [0.29, 0.717) is 18.2 Å². The Balaban J connectivity index is 2.59. The molecule has 1 unspecified atom stereocenters. The van der Waals surface area contributed by atoms with Gasteiger partial charge in [0.1, 0.15) is 5.82 Å². The number of nitrogens with one attached hydrogen (secondary N) is 1. The molecule has 0 saturated carbocycles. The molecule has 0 aliphatic heterocycles. The summed E-state index contributed by atoms with van der Waals surface area (Å²) < 4.78 is 0.951. The minimum absolute atomic E-state index is 0.0311. The molecular formula is C12H17BrN2O. The van der Waals surface area contributed by atoms with E-state index in [1.54, 1.807) is 6.07 Å². The van der Waals surface area contributed by atoms with Crippen molar-refractivity contribution in [1.29, 1.82) is 0 Å². The highest BCUT2D eigenvalue weighted by Gasteiger charge is 2.08. The van der Waals surface area contributed by atoms with Crippen LogP contribution in [0.4, 0.5) is 5.82 Å². The van der Waals surface area contributed by atoms with Crippen LogP contribution in [0, 0.1) is 12.8 Å². The maximum Gasteiger partial charge on any atom is 0.225 e. The second-order valence-electron chi connectivity index (χ2n) is 4.03. The Kier molecular flexibility index (Phi) is 4.93. The number of anilines is 1. The van der Waals surface area contributed by atoms with Gasteiger partial charge in [-0.05, 0) is 40.9 Å². The molecule has 0 spiro atoms. The third kappa shape index (κ3) is 3.93. The monoisotopic (exact) mass is 284 g/mol. The smallest absolute Gasteiger partial charge is 0.225 e. The van der Waals surface area contributed by atoms with Crippen LogP contribution >= 0.6 is 15.9 Å². The summed E-state index contributed by atoms with van der Waals surface area (Å²) in [5, 5.41) is 2.80. The second kappa shape index (κ2) is 5.99. The minimum atomic E-state index is 0.0311. The molecule has 0 aliphatic carbocycles. The summed E-state index contributed by atoms with van der Waals surface area (Å²) in [7, 11) is 0. The fraction of sp³-hybridized carbons (Fsp3) is 0.500. The number of pyridine rings is 1. The standard InChI is InChI=1S/C12H17BrN2O/c1-4-8(2)7-12(16)15-11-6-5-10(13)9(3)14-11/h5-6,8H,4,7H2,1-3H3,(H,14,15,16). The van der Waals surface area contributed by atoms with Crippen LogP contribution in [0.25, 0.3) is 0 Å². The number of carbonyl (C=O) groups excluding carboxylic acids is 1. The van der Waals surface area contributed by atoms with Crippen molar-refractivity contribution in [1.82, 2.24) is 4.98 Å². The Hall–Kier alpha value is -0.900. The van der Waals surface area contributed by atoms with E-state index in [4.69, 9.17) is 0 Å². The molecule has 1 amide bonds. The number of halogens is 1. The van der Waals surface area contributed by atoms with Crippen LogP contribution in [-0.4, -0.2) is 10.9 Å². The minimum Gasteiger partial charge on any atom is -0.311 e. The molecule has 16 heavy (non-hydrogen) atoms. The number of carbonyl (C=O) groups is 1. The lowest BCUT2D eigenvalue weighted by molar-refractivity contribution is -0.117. The second-order valence-corrected chi connectivity index (χ2v) is 4.88. The van der Waals surface area contributed by atoms with E-state index in [1.807, 2.05) is 13.0 Å². The fourth-order valence-corrected chi connectivity index (χ4v) is 1.49. The van der Waals surface area contributed by atoms with Crippen LogP contribution in [0.2, 0.25) is 0 Å². The van der Waals surface area contributed by atoms with E-state index in [2.05, 4.69) is 40.1 Å². The van der Waals surface area contributed by atoms with Gasteiger partial charge in [0.2, 0.25) is 5.91 Å². The molecule has 0 radical (unpaired) electrons. The van der Waals surface area contributed by atoms with Gasteiger partial charge in [-0.2, -0.15) is 0 Å². The van der Waals surface area contributed by atoms with Crippen LogP contribution < -0.4 is 5.32 Å². The molecular weight excluding hydrogens is 268 g/mol. The number of aryl methyl sites for hydroxylation is 1. The van der Waals surface area contributed by atoms with Crippen molar-refractivity contribution < 1.29 is 4.79 Å². The first-order valence-electron chi connectivity index (χ1n) is 5.46. The Morgan fingerprint density at radius 1 is 1.56 bits per heavy atom. The lowest BCUT2D eigenvalue weighted by Crippen LogP contribution is -2.15. The van der Waals surface area contributed by atoms with Crippen LogP contribution in [0.5, 0.6) is 0 Å². The number of rotatable bonds is 4. The van der Waals surface area contributed by atoms with Crippen molar-refractivity contribution in [2.75, 3.05) is 5.32 Å². The van der Waals surface area contributed by atoms with E-state index < -0.39 is 0 Å². The van der Waals surface area contributed by atoms with Crippen molar-refractivity contribution in [3.63, 3.8) is 0 Å². The lowest BCUT2D eigenvalue weighted by atomic mass is 10.1. The van der Waals surface area contributed by atoms with Gasteiger partial charge in [-0.15, -0.1) is 0 Å². The third-order valence-corrected chi connectivity index (χ3v) is 3.36. The predicted molar refractivity (Wildman–Crippen MR) is 69.4 cm³/mol. The van der Waals surface area contributed by atoms with Crippen LogP contribution in [0.15, 0.2) is 16.6 Å². The zero-order chi connectivity index (χ0) is 12.1. The summed E-state index contributed by atoms with van der Waals surface area (Å²) in [6.45, 7) is 6.05. The van der Waals surface area contributed by atoms with Crippen molar-refractivity contribution in [3.8, 4) is 0 Å². The molecule has 3 nitrogen and oxygen atoms in total. The van der Waals surface area contributed by atoms with Crippen LogP contribution in [-0.2, 0) is 4.79 Å². The quantitative estimate of drug-likeness (QED) is 0.919. The molecule has 1 heterocycles. The number of aromatic nitrogens is 1. The van der Waals surface area contributed by atoms with E-state index in [1.165, 1.54) is 0 Å². The number of nitrogens with zero attached hydrogens (tertiary/aromatic N) is 1. The molecule has 0 aliphatic rings. The van der Waals surface area contributed by atoms with Gasteiger partial charge < -0.3 is 5.32 Å². The van der Waals surface area contributed by atoms with Crippen molar-refractivity contribution >= 4 is 27.7 Å². The van der Waals surface area contributed by atoms with Gasteiger partial charge in [0.25, 0.3) is 0 Å². The Bertz CT molecular complexity index is 379. The molecule has 0 aromatic carbocycles. The fourth-order valence-electron chi connectivity index (χ4n) is 1.27. The highest BCUT2D eigenvalue weighted by molar-refractivity contribution is 9.10. The molecule has 1 N–H and O–H groups in total. The zero-order valence-electron chi connectivity index (χ0n) is 9.88. The molecule has 4 heteroatoms. The Morgan fingerprint density at radius 2 is 2.25 bits per heavy atom. The van der Waals surface area contributed by atoms with Gasteiger partial charge in [-0.25, -0.2) is 4.98 Å². The van der Waals surface area contributed by atoms with Gasteiger partial charge in [0.15, 0.2) is 0 Å². The lowest BCUT2D eigenvalue weighted by Gasteiger charge is -2.09. The van der Waals surface area contributed by atoms with Gasteiger partial charge >= 0.3 is 0 Å². The van der Waals surface area contributed by atoms with E-state index in [9.17, 15) is 4.79 Å². The summed E-state index contributed by atoms with van der Waals surface area (Å²) in [6.07, 6.45) is 1.56. The SMILES string of the molecule is CCC(C)CC(=O)Nc1ccc(Br)c(C)n1. The van der Waals surface area contributed by atoms with Gasteiger partial charge in [0.05, 0.1) is 5.69 Å². The average molecular weight is 285 g/mol. The average Bonchev–Trinajstić information content (AvgIpc) is 2.23. The molecule has 0 saturated heterocycles. The molecule has 1 atom stereocenters. The van der Waals surface area contributed by atoms with E-state index in [0.717, 1.165) is 16.6 Å². The number of hydrogen-bond acceptors (Lipinski definition) is 2. The molecule has 88 valence electrons. The van der Waals surface area contributed by atoms with Crippen LogP contribution in [0.3, 0.4) is 0 Å². The normalized spacial score (nSPS) is 12.2. The summed E-state index contributed by atoms with van der Waals surface area (Å²) >= 11 is 3.37. The highest BCUT2D eigenvalue weighted by atomic mass is 79.9. The first-order chi connectivity index (χ1) is 7.52. The summed E-state index contributed by atoms with van der Waals surface area (Å²) in [5.41, 5.74) is 0.876. The predicted octanol–water partition coefficient (Wildman–Crippen LogP) is 3.53. The Morgan fingerprint density at radius 3 is 2.81 bits per heavy atom. The summed E-state index contributed by atoms with van der Waals surface area (Å²) in [5.74, 6) is 1.06. The molecule has 1 aromatic rings. The largest absolute Gasteiger partial charge is 0.311 e. The molecule has 0 fully saturated rings. The first-order valence-corrected chi connectivity index (χ1v) is 6.25. The maximum atomic E-state index is 11.6. The summed E-state index contributed by atoms with van der Waals surface area (Å²) in [4.78, 5) is 15.9. The van der Waals surface area contributed by atoms with Gasteiger partial charge in [-0.3, -0.25) is 4.79 Å². The van der Waals surface area contributed by atoms with Crippen molar-refractivity contribution in [2.24, 2.45) is 5.92 Å². The summed E-state index contributed by atoms with van der Waals surface area (Å²) in [6, 6.07) is 3.69. The van der Waals surface area contributed by atoms with Crippen molar-refractivity contribution in [3.05, 3.63) is 22.3 Å². The molecule has 0 bridgehead atoms. The number of hydrogen-bond donors (Lipinski definition) is 1. The third-order valence-electron chi connectivity index (χ3n) is 2.52. The maximum absolute atomic E-state index is 11.6. The number of amides is 1. The Labute approximate surface area is 105 Å². The van der Waals surface area contributed by atoms with E-state index >= 15 is 0 Å². The van der Waals surface area contributed by atoms with Crippen LogP contribution in [0.1, 0.15) is 32.4 Å². The van der Waals surface area contributed by atoms with Crippen molar-refractivity contribution in [2.45, 2.75) is 33.6 Å². The highest BCUT2D eigenvalue weighted by Crippen LogP contribution is 2.16. The zero-order valence-corrected chi connectivity index (χ0v) is 11.5. The first kappa shape index (κ1) is 13.2. The topological polar surface area (TPSA) is 42.0 Å².